The first kappa shape index (κ1) is 16.5. The van der Waals surface area contributed by atoms with E-state index in [9.17, 15) is 4.79 Å². The Hall–Kier alpha value is -1.82. The molecule has 22 heavy (non-hydrogen) atoms. The van der Waals surface area contributed by atoms with Gasteiger partial charge in [0.25, 0.3) is 0 Å². The fourth-order valence-corrected chi connectivity index (χ4v) is 3.12. The summed E-state index contributed by atoms with van der Waals surface area (Å²) in [5, 5.41) is 8.65. The summed E-state index contributed by atoms with van der Waals surface area (Å²) < 4.78 is 5.63. The smallest absolute Gasteiger partial charge is 0.338 e. The van der Waals surface area contributed by atoms with Crippen LogP contribution in [0.5, 0.6) is 0 Å². The number of hydrogen-bond donors (Lipinski definition) is 0. The molecule has 118 valence electrons. The summed E-state index contributed by atoms with van der Waals surface area (Å²) in [7, 11) is 0. The fraction of sp³-hybridized carbons (Fsp3) is 0.579. The monoisotopic (exact) mass is 299 g/mol. The lowest BCUT2D eigenvalue weighted by molar-refractivity contribution is 0.00929. The van der Waals surface area contributed by atoms with Crippen LogP contribution in [0.3, 0.4) is 0 Å². The number of ether oxygens (including phenoxy) is 1. The Balaban J connectivity index is 1.87. The molecule has 0 bridgehead atoms. The molecule has 3 nitrogen and oxygen atoms in total. The molecule has 1 fully saturated rings. The van der Waals surface area contributed by atoms with E-state index in [1.165, 1.54) is 0 Å². The van der Waals surface area contributed by atoms with E-state index in [0.717, 1.165) is 31.2 Å². The second-order valence-corrected chi connectivity index (χ2v) is 7.28. The summed E-state index contributed by atoms with van der Waals surface area (Å²) in [5.41, 5.74) is 1.83. The molecule has 0 amide bonds. The second kappa shape index (κ2) is 6.96. The highest BCUT2D eigenvalue weighted by atomic mass is 16.5. The predicted octanol–water partition coefficient (Wildman–Crippen LogP) is 4.51. The third-order valence-corrected chi connectivity index (χ3v) is 4.65. The van der Waals surface area contributed by atoms with Crippen LogP contribution in [0.2, 0.25) is 0 Å². The van der Waals surface area contributed by atoms with Crippen LogP contribution >= 0.6 is 0 Å². The summed E-state index contributed by atoms with van der Waals surface area (Å²) >= 11 is 0. The van der Waals surface area contributed by atoms with E-state index < -0.39 is 0 Å². The van der Waals surface area contributed by atoms with Crippen molar-refractivity contribution < 1.29 is 9.53 Å². The van der Waals surface area contributed by atoms with E-state index >= 15 is 0 Å². The molecule has 2 rings (SSSR count). The molecule has 0 atom stereocenters. The van der Waals surface area contributed by atoms with Crippen LogP contribution in [0.15, 0.2) is 24.3 Å². The molecule has 1 aliphatic carbocycles. The Bertz CT molecular complexity index is 540. The summed E-state index contributed by atoms with van der Waals surface area (Å²) in [5.74, 6) is 0.468. The van der Waals surface area contributed by atoms with E-state index in [1.54, 1.807) is 12.1 Å². The molecule has 0 aliphatic heterocycles. The molecule has 0 unspecified atom stereocenters. The van der Waals surface area contributed by atoms with Crippen LogP contribution in [0.4, 0.5) is 0 Å². The van der Waals surface area contributed by atoms with Gasteiger partial charge in [0.05, 0.1) is 18.1 Å². The Labute approximate surface area is 133 Å². The van der Waals surface area contributed by atoms with Crippen LogP contribution in [-0.4, -0.2) is 12.1 Å². The van der Waals surface area contributed by atoms with Gasteiger partial charge in [-0.15, -0.1) is 0 Å². The van der Waals surface area contributed by atoms with E-state index in [4.69, 9.17) is 10.00 Å². The van der Waals surface area contributed by atoms with Gasteiger partial charge >= 0.3 is 5.97 Å². The van der Waals surface area contributed by atoms with Crippen LogP contribution in [0.25, 0.3) is 0 Å². The van der Waals surface area contributed by atoms with E-state index in [-0.39, 0.29) is 12.1 Å². The first-order valence-electron chi connectivity index (χ1n) is 8.07. The normalized spacial score (nSPS) is 21.9. The first-order chi connectivity index (χ1) is 10.4. The van der Waals surface area contributed by atoms with Gasteiger partial charge in [0, 0.05) is 0 Å². The molecule has 0 radical (unpaired) electrons. The summed E-state index contributed by atoms with van der Waals surface area (Å²) in [6.45, 7) is 6.85. The lowest BCUT2D eigenvalue weighted by Gasteiger charge is -2.36. The van der Waals surface area contributed by atoms with Crippen molar-refractivity contribution in [3.63, 3.8) is 0 Å². The van der Waals surface area contributed by atoms with Crippen LogP contribution in [0.1, 0.15) is 62.4 Å². The maximum absolute atomic E-state index is 12.2. The number of benzene rings is 1. The Morgan fingerprint density at radius 1 is 1.18 bits per heavy atom. The average molecular weight is 299 g/mol. The Morgan fingerprint density at radius 3 is 2.27 bits per heavy atom. The summed E-state index contributed by atoms with van der Waals surface area (Å²) in [6, 6.07) is 9.22. The SMILES string of the molecule is CC(C)(C)C1CCC(OC(=O)c2ccc(CC#N)cc2)CC1. The van der Waals surface area contributed by atoms with Gasteiger partial charge in [-0.25, -0.2) is 4.79 Å². The van der Waals surface area contributed by atoms with Gasteiger partial charge in [0.15, 0.2) is 0 Å². The highest BCUT2D eigenvalue weighted by Crippen LogP contribution is 2.38. The zero-order valence-electron chi connectivity index (χ0n) is 13.8. The average Bonchev–Trinajstić information content (AvgIpc) is 2.48. The van der Waals surface area contributed by atoms with Gasteiger partial charge in [0.2, 0.25) is 0 Å². The topological polar surface area (TPSA) is 50.1 Å². The summed E-state index contributed by atoms with van der Waals surface area (Å²) in [4.78, 5) is 12.2. The zero-order chi connectivity index (χ0) is 16.2. The maximum Gasteiger partial charge on any atom is 0.338 e. The highest BCUT2D eigenvalue weighted by molar-refractivity contribution is 5.89. The molecule has 3 heteroatoms. The molecule has 0 N–H and O–H groups in total. The van der Waals surface area contributed by atoms with Gasteiger partial charge in [0.1, 0.15) is 6.10 Å². The fourth-order valence-electron chi connectivity index (χ4n) is 3.12. The van der Waals surface area contributed by atoms with Crippen molar-refractivity contribution in [3.05, 3.63) is 35.4 Å². The molecule has 1 aromatic carbocycles. The third kappa shape index (κ3) is 4.34. The van der Waals surface area contributed by atoms with Crippen molar-refractivity contribution in [1.29, 1.82) is 5.26 Å². The van der Waals surface area contributed by atoms with Crippen molar-refractivity contribution in [2.75, 3.05) is 0 Å². The minimum absolute atomic E-state index is 0.0462. The van der Waals surface area contributed by atoms with Crippen LogP contribution in [-0.2, 0) is 11.2 Å². The van der Waals surface area contributed by atoms with E-state index in [1.807, 2.05) is 12.1 Å². The van der Waals surface area contributed by atoms with E-state index in [2.05, 4.69) is 26.8 Å². The molecule has 1 saturated carbocycles. The number of esters is 1. The van der Waals surface area contributed by atoms with Crippen molar-refractivity contribution in [2.24, 2.45) is 11.3 Å². The Kier molecular flexibility index (Phi) is 5.24. The molecule has 0 saturated heterocycles. The number of hydrogen-bond acceptors (Lipinski definition) is 3. The molecular formula is C19H25NO2. The standard InChI is InChI=1S/C19H25NO2/c1-19(2,3)16-8-10-17(11-9-16)22-18(21)15-6-4-14(5-7-15)12-13-20/h4-7,16-17H,8-12H2,1-3H3. The lowest BCUT2D eigenvalue weighted by Crippen LogP contribution is -2.30. The largest absolute Gasteiger partial charge is 0.459 e. The van der Waals surface area contributed by atoms with Gasteiger partial charge in [-0.2, -0.15) is 5.26 Å². The molecule has 1 aliphatic rings. The van der Waals surface area contributed by atoms with Crippen LogP contribution < -0.4 is 0 Å². The number of rotatable bonds is 3. The minimum atomic E-state index is -0.247. The van der Waals surface area contributed by atoms with Crippen molar-refractivity contribution >= 4 is 5.97 Å². The minimum Gasteiger partial charge on any atom is -0.459 e. The van der Waals surface area contributed by atoms with Crippen LogP contribution in [0, 0.1) is 22.7 Å². The third-order valence-electron chi connectivity index (χ3n) is 4.65. The quantitative estimate of drug-likeness (QED) is 0.771. The zero-order valence-corrected chi connectivity index (χ0v) is 13.8. The lowest BCUT2D eigenvalue weighted by atomic mass is 9.72. The number of nitrogens with zero attached hydrogens (tertiary/aromatic N) is 1. The van der Waals surface area contributed by atoms with Crippen molar-refractivity contribution in [1.82, 2.24) is 0 Å². The Morgan fingerprint density at radius 2 is 1.77 bits per heavy atom. The van der Waals surface area contributed by atoms with Gasteiger partial charge in [-0.05, 0) is 54.7 Å². The van der Waals surface area contributed by atoms with Crippen molar-refractivity contribution in [3.8, 4) is 6.07 Å². The first-order valence-corrected chi connectivity index (χ1v) is 8.07. The second-order valence-electron chi connectivity index (χ2n) is 7.28. The number of carbonyl (C=O) groups excluding carboxylic acids is 1. The molecule has 0 heterocycles. The van der Waals surface area contributed by atoms with Crippen molar-refractivity contribution in [2.45, 2.75) is 59.0 Å². The van der Waals surface area contributed by atoms with E-state index in [0.29, 0.717) is 23.3 Å². The van der Waals surface area contributed by atoms with Gasteiger partial charge < -0.3 is 4.74 Å². The summed E-state index contributed by atoms with van der Waals surface area (Å²) in [6.07, 6.45) is 4.59. The number of nitriles is 1. The van der Waals surface area contributed by atoms with Gasteiger partial charge in [-0.1, -0.05) is 32.9 Å². The molecule has 0 aromatic heterocycles. The number of carbonyl (C=O) groups is 1. The highest BCUT2D eigenvalue weighted by Gasteiger charge is 2.31. The predicted molar refractivity (Wildman–Crippen MR) is 86.4 cm³/mol. The maximum atomic E-state index is 12.2. The molecule has 1 aromatic rings. The molecule has 0 spiro atoms. The molecular weight excluding hydrogens is 274 g/mol. The van der Waals surface area contributed by atoms with Gasteiger partial charge in [-0.3, -0.25) is 0 Å².